The first kappa shape index (κ1) is 20.8. The van der Waals surface area contributed by atoms with Crippen molar-refractivity contribution in [1.82, 2.24) is 4.90 Å². The van der Waals surface area contributed by atoms with Crippen molar-refractivity contribution < 1.29 is 19.0 Å². The zero-order chi connectivity index (χ0) is 21.9. The summed E-state index contributed by atoms with van der Waals surface area (Å²) in [5.41, 5.74) is 1.64. The van der Waals surface area contributed by atoms with E-state index < -0.39 is 0 Å². The fourth-order valence-corrected chi connectivity index (χ4v) is 7.43. The van der Waals surface area contributed by atoms with E-state index in [2.05, 4.69) is 28.9 Å². The van der Waals surface area contributed by atoms with E-state index in [9.17, 15) is 4.79 Å². The minimum absolute atomic E-state index is 0.0230. The zero-order valence-electron chi connectivity index (χ0n) is 19.4. The highest BCUT2D eigenvalue weighted by molar-refractivity contribution is 5.75. The summed E-state index contributed by atoms with van der Waals surface area (Å²) in [7, 11) is 1.70. The van der Waals surface area contributed by atoms with Gasteiger partial charge in [-0.1, -0.05) is 6.92 Å². The van der Waals surface area contributed by atoms with E-state index in [0.717, 1.165) is 57.9 Å². The molecular formula is C26H36N2O4. The number of epoxide rings is 1. The standard InChI is InChI=1S/C26H36N2O4/c1-25-8-3-9-26(17-31-26)23(25)14-20-21(24(29)32-22(20)15-25)16-27-10-12-28(13-11-27)18-4-6-19(30-2)7-5-18/h4-7,20-23H,3,8-17H2,1-2H3/t20-,21?,22-,23?,25-,26?/m1/s1. The first-order chi connectivity index (χ1) is 15.5. The summed E-state index contributed by atoms with van der Waals surface area (Å²) in [6.07, 6.45) is 5.95. The van der Waals surface area contributed by atoms with E-state index >= 15 is 0 Å². The molecule has 0 bridgehead atoms. The molecule has 1 spiro atoms. The van der Waals surface area contributed by atoms with Crippen LogP contribution in [0.1, 0.15) is 39.0 Å². The van der Waals surface area contributed by atoms with Crippen LogP contribution >= 0.6 is 0 Å². The second-order valence-corrected chi connectivity index (χ2v) is 11.1. The molecule has 6 atom stereocenters. The first-order valence-electron chi connectivity index (χ1n) is 12.5. The summed E-state index contributed by atoms with van der Waals surface area (Å²) >= 11 is 0. The van der Waals surface area contributed by atoms with Crippen LogP contribution in [0.5, 0.6) is 5.75 Å². The van der Waals surface area contributed by atoms with Crippen LogP contribution < -0.4 is 9.64 Å². The van der Waals surface area contributed by atoms with E-state index in [1.54, 1.807) is 7.11 Å². The molecule has 5 fully saturated rings. The van der Waals surface area contributed by atoms with Crippen molar-refractivity contribution in [2.24, 2.45) is 23.2 Å². The average Bonchev–Trinajstić information content (AvgIpc) is 3.51. The Bertz CT molecular complexity index is 861. The van der Waals surface area contributed by atoms with Gasteiger partial charge in [0.15, 0.2) is 0 Å². The minimum atomic E-state index is 0.0230. The number of hydrogen-bond donors (Lipinski definition) is 0. The molecule has 5 aliphatic rings. The number of anilines is 1. The molecule has 174 valence electrons. The number of fused-ring (bicyclic) bond motifs is 3. The van der Waals surface area contributed by atoms with Gasteiger partial charge in [-0.05, 0) is 67.7 Å². The molecule has 3 unspecified atom stereocenters. The normalized spacial score (nSPS) is 41.2. The van der Waals surface area contributed by atoms with Crippen LogP contribution in [0, 0.1) is 23.2 Å². The van der Waals surface area contributed by atoms with Crippen molar-refractivity contribution in [3.63, 3.8) is 0 Å². The highest BCUT2D eigenvalue weighted by Gasteiger charge is 2.65. The van der Waals surface area contributed by atoms with E-state index in [1.165, 1.54) is 24.9 Å². The number of ether oxygens (including phenoxy) is 3. The number of hydrogen-bond acceptors (Lipinski definition) is 6. The highest BCUT2D eigenvalue weighted by Crippen LogP contribution is 2.62. The van der Waals surface area contributed by atoms with Gasteiger partial charge in [0.1, 0.15) is 11.9 Å². The number of rotatable bonds is 4. The Labute approximate surface area is 191 Å². The van der Waals surface area contributed by atoms with Crippen molar-refractivity contribution in [2.75, 3.05) is 51.3 Å². The van der Waals surface area contributed by atoms with Crippen LogP contribution in [0.2, 0.25) is 0 Å². The van der Waals surface area contributed by atoms with Crippen LogP contribution in [0.4, 0.5) is 5.69 Å². The molecule has 6 rings (SSSR count). The summed E-state index contributed by atoms with van der Waals surface area (Å²) < 4.78 is 17.3. The molecule has 6 heteroatoms. The van der Waals surface area contributed by atoms with E-state index in [0.29, 0.717) is 11.8 Å². The molecule has 3 aliphatic heterocycles. The fraction of sp³-hybridized carbons (Fsp3) is 0.731. The van der Waals surface area contributed by atoms with E-state index in [-0.39, 0.29) is 29.0 Å². The van der Waals surface area contributed by atoms with Crippen LogP contribution in [0.3, 0.4) is 0 Å². The molecule has 1 aromatic carbocycles. The molecule has 1 aromatic rings. The third-order valence-electron chi connectivity index (χ3n) is 9.34. The Hall–Kier alpha value is -1.79. The molecule has 0 radical (unpaired) electrons. The van der Waals surface area contributed by atoms with Gasteiger partial charge in [-0.15, -0.1) is 0 Å². The third kappa shape index (κ3) is 3.41. The number of benzene rings is 1. The predicted molar refractivity (Wildman–Crippen MR) is 122 cm³/mol. The number of methoxy groups -OCH3 is 1. The SMILES string of the molecule is COc1ccc(N2CCN(CC3C(=O)O[C@@H]4C[C@@]5(C)CCCC6(CO6)C5C[C@H]34)CC2)cc1. The Morgan fingerprint density at radius 1 is 1.12 bits per heavy atom. The molecule has 6 nitrogen and oxygen atoms in total. The molecule has 0 aromatic heterocycles. The van der Waals surface area contributed by atoms with Crippen LogP contribution in [-0.2, 0) is 14.3 Å². The maximum absolute atomic E-state index is 12.9. The number of carbonyl (C=O) groups is 1. The second kappa shape index (κ2) is 7.63. The number of carbonyl (C=O) groups excluding carboxylic acids is 1. The maximum atomic E-state index is 12.9. The van der Waals surface area contributed by atoms with Gasteiger partial charge < -0.3 is 19.1 Å². The second-order valence-electron chi connectivity index (χ2n) is 11.1. The van der Waals surface area contributed by atoms with Gasteiger partial charge in [0.05, 0.1) is 25.2 Å². The van der Waals surface area contributed by atoms with Crippen LogP contribution in [-0.4, -0.2) is 69.0 Å². The molecule has 2 saturated carbocycles. The number of nitrogens with zero attached hydrogens (tertiary/aromatic N) is 2. The lowest BCUT2D eigenvalue weighted by molar-refractivity contribution is -0.147. The first-order valence-corrected chi connectivity index (χ1v) is 12.5. The lowest BCUT2D eigenvalue weighted by Gasteiger charge is -2.51. The number of esters is 1. The summed E-state index contributed by atoms with van der Waals surface area (Å²) in [5, 5.41) is 0. The van der Waals surface area contributed by atoms with Gasteiger partial charge in [0.25, 0.3) is 0 Å². The van der Waals surface area contributed by atoms with Crippen molar-refractivity contribution >= 4 is 11.7 Å². The third-order valence-corrected chi connectivity index (χ3v) is 9.34. The number of piperazine rings is 1. The van der Waals surface area contributed by atoms with Gasteiger partial charge >= 0.3 is 5.97 Å². The molecule has 0 amide bonds. The van der Waals surface area contributed by atoms with E-state index in [1.807, 2.05) is 12.1 Å². The van der Waals surface area contributed by atoms with Gasteiger partial charge in [-0.3, -0.25) is 9.69 Å². The summed E-state index contributed by atoms with van der Waals surface area (Å²) in [5.74, 6) is 1.91. The molecule has 3 saturated heterocycles. The largest absolute Gasteiger partial charge is 0.497 e. The summed E-state index contributed by atoms with van der Waals surface area (Å²) in [4.78, 5) is 17.8. The van der Waals surface area contributed by atoms with Gasteiger partial charge in [0.2, 0.25) is 0 Å². The maximum Gasteiger partial charge on any atom is 0.310 e. The quantitative estimate of drug-likeness (QED) is 0.529. The Balaban J connectivity index is 1.10. The summed E-state index contributed by atoms with van der Waals surface area (Å²) in [6.45, 7) is 8.14. The molecule has 0 N–H and O–H groups in total. The van der Waals surface area contributed by atoms with Crippen molar-refractivity contribution in [3.05, 3.63) is 24.3 Å². The Kier molecular flexibility index (Phi) is 4.95. The van der Waals surface area contributed by atoms with Gasteiger partial charge in [0, 0.05) is 44.3 Å². The van der Waals surface area contributed by atoms with Crippen molar-refractivity contribution in [2.45, 2.75) is 50.7 Å². The minimum Gasteiger partial charge on any atom is -0.497 e. The molecule has 32 heavy (non-hydrogen) atoms. The molecule has 2 aliphatic carbocycles. The van der Waals surface area contributed by atoms with E-state index in [4.69, 9.17) is 14.2 Å². The van der Waals surface area contributed by atoms with Gasteiger partial charge in [-0.25, -0.2) is 0 Å². The molecule has 3 heterocycles. The van der Waals surface area contributed by atoms with Gasteiger partial charge in [-0.2, -0.15) is 0 Å². The predicted octanol–water partition coefficient (Wildman–Crippen LogP) is 3.34. The van der Waals surface area contributed by atoms with Crippen LogP contribution in [0.15, 0.2) is 24.3 Å². The lowest BCUT2D eigenvalue weighted by Crippen LogP contribution is -2.52. The Morgan fingerprint density at radius 3 is 2.56 bits per heavy atom. The Morgan fingerprint density at radius 2 is 1.88 bits per heavy atom. The molecular weight excluding hydrogens is 404 g/mol. The average molecular weight is 441 g/mol. The van der Waals surface area contributed by atoms with Crippen molar-refractivity contribution in [3.8, 4) is 5.75 Å². The smallest absolute Gasteiger partial charge is 0.310 e. The van der Waals surface area contributed by atoms with Crippen LogP contribution in [0.25, 0.3) is 0 Å². The lowest BCUT2D eigenvalue weighted by atomic mass is 9.53. The van der Waals surface area contributed by atoms with Crippen molar-refractivity contribution in [1.29, 1.82) is 0 Å². The topological polar surface area (TPSA) is 54.5 Å². The monoisotopic (exact) mass is 440 g/mol. The fourth-order valence-electron chi connectivity index (χ4n) is 7.43. The highest BCUT2D eigenvalue weighted by atomic mass is 16.6. The zero-order valence-corrected chi connectivity index (χ0v) is 19.4. The summed E-state index contributed by atoms with van der Waals surface area (Å²) in [6, 6.07) is 8.31.